The maximum atomic E-state index is 13.0. The van der Waals surface area contributed by atoms with Crippen LogP contribution in [-0.4, -0.2) is 26.6 Å². The van der Waals surface area contributed by atoms with Gasteiger partial charge in [0, 0.05) is 29.3 Å². The van der Waals surface area contributed by atoms with Crippen LogP contribution in [-0.2, 0) is 16.1 Å². The highest BCUT2D eigenvalue weighted by Crippen LogP contribution is 2.40. The molecule has 1 saturated heterocycles. The molecule has 1 fully saturated rings. The molecule has 32 heavy (non-hydrogen) atoms. The summed E-state index contributed by atoms with van der Waals surface area (Å²) in [7, 11) is 0. The van der Waals surface area contributed by atoms with Crippen LogP contribution in [0, 0.1) is 10.1 Å². The molecule has 3 aromatic carbocycles. The normalized spacial score (nSPS) is 17.5. The van der Waals surface area contributed by atoms with Crippen LogP contribution in [0.1, 0.15) is 22.7 Å². The van der Waals surface area contributed by atoms with Crippen LogP contribution in [0.25, 0.3) is 5.76 Å². The number of non-ortho nitro benzene ring substituents is 1. The third-order valence-electron chi connectivity index (χ3n) is 5.27. The molecule has 4 rings (SSSR count). The van der Waals surface area contributed by atoms with E-state index < -0.39 is 22.7 Å². The fourth-order valence-corrected chi connectivity index (χ4v) is 3.84. The number of hydrogen-bond acceptors (Lipinski definition) is 5. The van der Waals surface area contributed by atoms with Crippen LogP contribution in [0.4, 0.5) is 5.69 Å². The van der Waals surface area contributed by atoms with E-state index in [1.807, 2.05) is 30.3 Å². The molecule has 1 N–H and O–H groups in total. The van der Waals surface area contributed by atoms with E-state index in [1.54, 1.807) is 24.3 Å². The van der Waals surface area contributed by atoms with E-state index >= 15 is 0 Å². The largest absolute Gasteiger partial charge is 0.507 e. The standard InChI is InChI=1S/C24H17ClN2O5/c25-18-10-6-17(7-11-18)22(28)20-21(16-8-12-19(13-9-16)27(31)32)26(24(30)23(20)29)14-15-4-2-1-3-5-15/h1-13,21,28H,14H2/b22-20-. The number of carbonyl (C=O) groups excluding carboxylic acids is 2. The zero-order valence-corrected chi connectivity index (χ0v) is 17.4. The lowest BCUT2D eigenvalue weighted by atomic mass is 9.95. The molecule has 160 valence electrons. The Kier molecular flexibility index (Phi) is 5.75. The molecule has 8 heteroatoms. The van der Waals surface area contributed by atoms with Crippen molar-refractivity contribution in [3.05, 3.63) is 116 Å². The topological polar surface area (TPSA) is 101 Å². The second kappa shape index (κ2) is 8.64. The molecule has 1 aliphatic rings. The van der Waals surface area contributed by atoms with Crippen LogP contribution >= 0.6 is 11.6 Å². The Morgan fingerprint density at radius 3 is 2.19 bits per heavy atom. The minimum absolute atomic E-state index is 0.0814. The summed E-state index contributed by atoms with van der Waals surface area (Å²) in [6.07, 6.45) is 0. The number of hydrogen-bond donors (Lipinski definition) is 1. The number of rotatable bonds is 5. The predicted molar refractivity (Wildman–Crippen MR) is 119 cm³/mol. The summed E-state index contributed by atoms with van der Waals surface area (Å²) in [6.45, 7) is 0.129. The van der Waals surface area contributed by atoms with Crippen molar-refractivity contribution in [2.75, 3.05) is 0 Å². The molecule has 3 aromatic rings. The van der Waals surface area contributed by atoms with Crippen molar-refractivity contribution >= 4 is 34.7 Å². The van der Waals surface area contributed by atoms with Crippen LogP contribution in [0.5, 0.6) is 0 Å². The SMILES string of the molecule is O=C1C(=O)N(Cc2ccccc2)C(c2ccc([N+](=O)[O-])cc2)/C1=C(/O)c1ccc(Cl)cc1. The van der Waals surface area contributed by atoms with Gasteiger partial charge in [0.1, 0.15) is 5.76 Å². The summed E-state index contributed by atoms with van der Waals surface area (Å²) in [5, 5.41) is 22.5. The lowest BCUT2D eigenvalue weighted by Crippen LogP contribution is -2.29. The zero-order chi connectivity index (χ0) is 22.8. The number of Topliss-reactive ketones (excluding diaryl/α,β-unsaturated/α-hetero) is 1. The molecule has 7 nitrogen and oxygen atoms in total. The maximum absolute atomic E-state index is 13.0. The Bertz CT molecular complexity index is 1220. The van der Waals surface area contributed by atoms with Gasteiger partial charge in [-0.05, 0) is 47.5 Å². The fraction of sp³-hybridized carbons (Fsp3) is 0.0833. The minimum atomic E-state index is -0.910. The van der Waals surface area contributed by atoms with Gasteiger partial charge in [-0.1, -0.05) is 41.9 Å². The van der Waals surface area contributed by atoms with E-state index in [0.29, 0.717) is 16.1 Å². The number of halogens is 1. The fourth-order valence-electron chi connectivity index (χ4n) is 3.71. The molecule has 1 atom stereocenters. The first-order chi connectivity index (χ1) is 15.4. The second-order valence-corrected chi connectivity index (χ2v) is 7.70. The highest BCUT2D eigenvalue weighted by Gasteiger charge is 2.46. The van der Waals surface area contributed by atoms with E-state index in [4.69, 9.17) is 11.6 Å². The molecule has 0 spiro atoms. The van der Waals surface area contributed by atoms with E-state index in [-0.39, 0.29) is 23.6 Å². The average Bonchev–Trinajstić information content (AvgIpc) is 3.05. The van der Waals surface area contributed by atoms with E-state index in [2.05, 4.69) is 0 Å². The monoisotopic (exact) mass is 448 g/mol. The van der Waals surface area contributed by atoms with Crippen molar-refractivity contribution in [2.45, 2.75) is 12.6 Å². The lowest BCUT2D eigenvalue weighted by molar-refractivity contribution is -0.384. The van der Waals surface area contributed by atoms with Gasteiger partial charge in [0.15, 0.2) is 0 Å². The number of likely N-dealkylation sites (tertiary alicyclic amines) is 1. The van der Waals surface area contributed by atoms with Crippen molar-refractivity contribution in [3.8, 4) is 0 Å². The van der Waals surface area contributed by atoms with Crippen LogP contribution in [0.15, 0.2) is 84.4 Å². The summed E-state index contributed by atoms with van der Waals surface area (Å²) in [5.41, 5.74) is 1.40. The van der Waals surface area contributed by atoms with Gasteiger partial charge in [0.25, 0.3) is 17.4 Å². The average molecular weight is 449 g/mol. The Morgan fingerprint density at radius 1 is 0.969 bits per heavy atom. The summed E-state index contributed by atoms with van der Waals surface area (Å²) in [4.78, 5) is 37.9. The van der Waals surface area contributed by atoms with Gasteiger partial charge in [-0.15, -0.1) is 0 Å². The third-order valence-corrected chi connectivity index (χ3v) is 5.52. The smallest absolute Gasteiger partial charge is 0.295 e. The zero-order valence-electron chi connectivity index (χ0n) is 16.6. The van der Waals surface area contributed by atoms with E-state index in [1.165, 1.54) is 29.2 Å². The first-order valence-electron chi connectivity index (χ1n) is 9.69. The molecule has 0 bridgehead atoms. The van der Waals surface area contributed by atoms with Crippen molar-refractivity contribution < 1.29 is 19.6 Å². The minimum Gasteiger partial charge on any atom is -0.507 e. The van der Waals surface area contributed by atoms with Crippen LogP contribution < -0.4 is 0 Å². The molecular weight excluding hydrogens is 432 g/mol. The molecule has 0 aromatic heterocycles. The number of ketones is 1. The Morgan fingerprint density at radius 2 is 1.59 bits per heavy atom. The predicted octanol–water partition coefficient (Wildman–Crippen LogP) is 4.87. The highest BCUT2D eigenvalue weighted by atomic mass is 35.5. The third kappa shape index (κ3) is 3.98. The van der Waals surface area contributed by atoms with Gasteiger partial charge >= 0.3 is 0 Å². The molecule has 1 heterocycles. The first-order valence-corrected chi connectivity index (χ1v) is 10.1. The Balaban J connectivity index is 1.85. The van der Waals surface area contributed by atoms with E-state index in [9.17, 15) is 24.8 Å². The summed E-state index contributed by atoms with van der Waals surface area (Å²) in [6, 6.07) is 20.0. The number of aliphatic hydroxyl groups is 1. The number of carbonyl (C=O) groups is 2. The first kappa shape index (κ1) is 21.3. The van der Waals surface area contributed by atoms with Crippen LogP contribution in [0.2, 0.25) is 5.02 Å². The van der Waals surface area contributed by atoms with Crippen molar-refractivity contribution in [1.82, 2.24) is 4.90 Å². The number of nitro benzene ring substituents is 1. The molecule has 1 unspecified atom stereocenters. The number of amides is 1. The molecular formula is C24H17ClN2O5. The summed E-state index contributed by atoms with van der Waals surface area (Å²) in [5.74, 6) is -1.91. The molecule has 1 amide bonds. The maximum Gasteiger partial charge on any atom is 0.295 e. The summed E-state index contributed by atoms with van der Waals surface area (Å²) < 4.78 is 0. The summed E-state index contributed by atoms with van der Waals surface area (Å²) >= 11 is 5.92. The number of nitro groups is 1. The Labute approximate surface area is 188 Å². The number of nitrogens with zero attached hydrogens (tertiary/aromatic N) is 2. The van der Waals surface area contributed by atoms with Gasteiger partial charge in [0.2, 0.25) is 0 Å². The van der Waals surface area contributed by atoms with Gasteiger partial charge in [-0.3, -0.25) is 19.7 Å². The lowest BCUT2D eigenvalue weighted by Gasteiger charge is -2.25. The van der Waals surface area contributed by atoms with Gasteiger partial charge < -0.3 is 10.0 Å². The Hall–Kier alpha value is -3.97. The van der Waals surface area contributed by atoms with Gasteiger partial charge in [0.05, 0.1) is 16.5 Å². The van der Waals surface area contributed by atoms with Crippen molar-refractivity contribution in [2.24, 2.45) is 0 Å². The number of aliphatic hydroxyl groups excluding tert-OH is 1. The molecule has 0 aliphatic carbocycles. The number of benzene rings is 3. The van der Waals surface area contributed by atoms with E-state index in [0.717, 1.165) is 5.56 Å². The highest BCUT2D eigenvalue weighted by molar-refractivity contribution is 6.46. The van der Waals surface area contributed by atoms with Gasteiger partial charge in [-0.25, -0.2) is 0 Å². The van der Waals surface area contributed by atoms with Crippen molar-refractivity contribution in [1.29, 1.82) is 0 Å². The quantitative estimate of drug-likeness (QED) is 0.197. The van der Waals surface area contributed by atoms with Crippen molar-refractivity contribution in [3.63, 3.8) is 0 Å². The molecule has 1 aliphatic heterocycles. The molecule has 0 radical (unpaired) electrons. The van der Waals surface area contributed by atoms with Crippen LogP contribution in [0.3, 0.4) is 0 Å². The second-order valence-electron chi connectivity index (χ2n) is 7.27. The molecule has 0 saturated carbocycles. The van der Waals surface area contributed by atoms with Gasteiger partial charge in [-0.2, -0.15) is 0 Å².